The molecule has 1 nitrogen and oxygen atoms in total. The van der Waals surface area contributed by atoms with Crippen LogP contribution in [0.25, 0.3) is 0 Å². The van der Waals surface area contributed by atoms with E-state index in [9.17, 15) is 0 Å². The number of hydrogen-bond acceptors (Lipinski definition) is 1. The molecule has 1 fully saturated rings. The number of benzene rings is 2. The van der Waals surface area contributed by atoms with Gasteiger partial charge in [0.1, 0.15) is 0 Å². The first-order valence-electron chi connectivity index (χ1n) is 6.62. The normalized spacial score (nSPS) is 20.6. The van der Waals surface area contributed by atoms with E-state index in [4.69, 9.17) is 5.73 Å². The predicted molar refractivity (Wildman–Crippen MR) is 75.3 cm³/mol. The molecule has 0 bridgehead atoms. The molecule has 1 aliphatic rings. The lowest BCUT2D eigenvalue weighted by Crippen LogP contribution is -2.19. The molecule has 1 atom stereocenters. The van der Waals surface area contributed by atoms with Crippen molar-refractivity contribution >= 4 is 0 Å². The number of rotatable bonds is 4. The van der Waals surface area contributed by atoms with Gasteiger partial charge in [-0.25, -0.2) is 0 Å². The highest BCUT2D eigenvalue weighted by Gasteiger charge is 2.51. The van der Waals surface area contributed by atoms with Gasteiger partial charge >= 0.3 is 0 Å². The van der Waals surface area contributed by atoms with Crippen molar-refractivity contribution in [3.8, 4) is 0 Å². The van der Waals surface area contributed by atoms with E-state index in [1.807, 2.05) is 0 Å². The van der Waals surface area contributed by atoms with Gasteiger partial charge in [-0.1, -0.05) is 60.7 Å². The van der Waals surface area contributed by atoms with Crippen molar-refractivity contribution in [2.24, 2.45) is 11.1 Å². The Morgan fingerprint density at radius 2 is 1.22 bits per heavy atom. The van der Waals surface area contributed by atoms with E-state index >= 15 is 0 Å². The molecular formula is C17H19N. The summed E-state index contributed by atoms with van der Waals surface area (Å²) >= 11 is 0. The minimum Gasteiger partial charge on any atom is -0.327 e. The Morgan fingerprint density at radius 3 is 1.56 bits per heavy atom. The van der Waals surface area contributed by atoms with Gasteiger partial charge in [-0.2, -0.15) is 0 Å². The fourth-order valence-corrected chi connectivity index (χ4v) is 2.85. The maximum absolute atomic E-state index is 6.20. The molecule has 92 valence electrons. The van der Waals surface area contributed by atoms with E-state index in [0.29, 0.717) is 11.5 Å². The molecule has 0 radical (unpaired) electrons. The Bertz CT molecular complexity index is 462. The molecule has 0 aliphatic heterocycles. The Hall–Kier alpha value is -1.60. The molecule has 0 amide bonds. The maximum Gasteiger partial charge on any atom is 0.0109 e. The standard InChI is InChI=1S/C17H19N/c18-16-13-17(16,11-14-7-3-1-4-8-14)12-15-9-5-2-6-10-15/h1-10,16H,11-13,18H2. The van der Waals surface area contributed by atoms with E-state index in [0.717, 1.165) is 19.3 Å². The lowest BCUT2D eigenvalue weighted by Gasteiger charge is -2.16. The van der Waals surface area contributed by atoms with Crippen LogP contribution in [0.15, 0.2) is 60.7 Å². The van der Waals surface area contributed by atoms with Gasteiger partial charge in [0.15, 0.2) is 0 Å². The van der Waals surface area contributed by atoms with E-state index in [-0.39, 0.29) is 0 Å². The van der Waals surface area contributed by atoms with Crippen molar-refractivity contribution in [1.29, 1.82) is 0 Å². The van der Waals surface area contributed by atoms with Crippen LogP contribution in [0.5, 0.6) is 0 Å². The first kappa shape index (κ1) is 11.5. The molecule has 0 heterocycles. The molecule has 1 unspecified atom stereocenters. The molecule has 2 N–H and O–H groups in total. The summed E-state index contributed by atoms with van der Waals surface area (Å²) in [5, 5.41) is 0. The van der Waals surface area contributed by atoms with Gasteiger partial charge in [0.05, 0.1) is 0 Å². The first-order valence-corrected chi connectivity index (χ1v) is 6.62. The average molecular weight is 237 g/mol. The zero-order valence-corrected chi connectivity index (χ0v) is 10.5. The minimum absolute atomic E-state index is 0.294. The molecule has 1 aliphatic carbocycles. The second-order valence-electron chi connectivity index (χ2n) is 5.50. The van der Waals surface area contributed by atoms with Crippen molar-refractivity contribution in [3.05, 3.63) is 71.8 Å². The van der Waals surface area contributed by atoms with Crippen LogP contribution in [0.2, 0.25) is 0 Å². The Morgan fingerprint density at radius 1 is 0.833 bits per heavy atom. The highest BCUT2D eigenvalue weighted by Crippen LogP contribution is 2.49. The SMILES string of the molecule is NC1CC1(Cc1ccccc1)Cc1ccccc1. The molecule has 0 spiro atoms. The van der Waals surface area contributed by atoms with Gasteiger partial charge in [0, 0.05) is 6.04 Å². The largest absolute Gasteiger partial charge is 0.327 e. The zero-order valence-electron chi connectivity index (χ0n) is 10.5. The summed E-state index contributed by atoms with van der Waals surface area (Å²) < 4.78 is 0. The summed E-state index contributed by atoms with van der Waals surface area (Å²) in [6.07, 6.45) is 3.35. The summed E-state index contributed by atoms with van der Waals surface area (Å²) in [6.45, 7) is 0. The average Bonchev–Trinajstić information content (AvgIpc) is 3.01. The fraction of sp³-hybridized carbons (Fsp3) is 0.294. The third-order valence-electron chi connectivity index (χ3n) is 4.05. The van der Waals surface area contributed by atoms with Gasteiger partial charge in [-0.15, -0.1) is 0 Å². The Kier molecular flexibility index (Phi) is 2.92. The Labute approximate surface area is 109 Å². The van der Waals surface area contributed by atoms with Gasteiger partial charge in [-0.05, 0) is 35.8 Å². The molecule has 0 aromatic heterocycles. The summed E-state index contributed by atoms with van der Waals surface area (Å²) in [5.74, 6) is 0. The lowest BCUT2D eigenvalue weighted by atomic mass is 9.89. The molecule has 1 heteroatoms. The molecule has 2 aromatic carbocycles. The fourth-order valence-electron chi connectivity index (χ4n) is 2.85. The van der Waals surface area contributed by atoms with Crippen LogP contribution in [0, 0.1) is 5.41 Å². The Balaban J connectivity index is 1.76. The first-order chi connectivity index (χ1) is 8.78. The van der Waals surface area contributed by atoms with Crippen molar-refractivity contribution in [2.45, 2.75) is 25.3 Å². The smallest absolute Gasteiger partial charge is 0.0109 e. The monoisotopic (exact) mass is 237 g/mol. The van der Waals surface area contributed by atoms with Crippen LogP contribution >= 0.6 is 0 Å². The van der Waals surface area contributed by atoms with Gasteiger partial charge < -0.3 is 5.73 Å². The zero-order chi connectivity index (χ0) is 12.4. The third kappa shape index (κ3) is 2.32. The van der Waals surface area contributed by atoms with Crippen molar-refractivity contribution in [3.63, 3.8) is 0 Å². The van der Waals surface area contributed by atoms with E-state index in [1.165, 1.54) is 11.1 Å². The third-order valence-corrected chi connectivity index (χ3v) is 4.05. The second kappa shape index (κ2) is 4.58. The quantitative estimate of drug-likeness (QED) is 0.868. The number of nitrogens with two attached hydrogens (primary N) is 1. The molecule has 1 saturated carbocycles. The van der Waals surface area contributed by atoms with E-state index in [2.05, 4.69) is 60.7 Å². The summed E-state index contributed by atoms with van der Waals surface area (Å²) in [5.41, 5.74) is 9.30. The van der Waals surface area contributed by atoms with E-state index in [1.54, 1.807) is 0 Å². The molecular weight excluding hydrogens is 218 g/mol. The van der Waals surface area contributed by atoms with E-state index < -0.39 is 0 Å². The van der Waals surface area contributed by atoms with Crippen molar-refractivity contribution in [2.75, 3.05) is 0 Å². The second-order valence-corrected chi connectivity index (χ2v) is 5.50. The molecule has 3 rings (SSSR count). The van der Waals surface area contributed by atoms with Gasteiger partial charge in [-0.3, -0.25) is 0 Å². The summed E-state index contributed by atoms with van der Waals surface area (Å²) in [7, 11) is 0. The van der Waals surface area contributed by atoms with Crippen LogP contribution in [0.4, 0.5) is 0 Å². The van der Waals surface area contributed by atoms with Gasteiger partial charge in [0.25, 0.3) is 0 Å². The van der Waals surface area contributed by atoms with Crippen LogP contribution in [0.3, 0.4) is 0 Å². The predicted octanol–water partition coefficient (Wildman–Crippen LogP) is 3.19. The molecule has 2 aromatic rings. The summed E-state index contributed by atoms with van der Waals surface area (Å²) in [6, 6.07) is 21.8. The van der Waals surface area contributed by atoms with Gasteiger partial charge in [0.2, 0.25) is 0 Å². The maximum atomic E-state index is 6.20. The van der Waals surface area contributed by atoms with Crippen LogP contribution in [-0.2, 0) is 12.8 Å². The highest BCUT2D eigenvalue weighted by molar-refractivity contribution is 5.26. The topological polar surface area (TPSA) is 26.0 Å². The van der Waals surface area contributed by atoms with Crippen molar-refractivity contribution in [1.82, 2.24) is 0 Å². The molecule has 0 saturated heterocycles. The van der Waals surface area contributed by atoms with Crippen LogP contribution in [-0.4, -0.2) is 6.04 Å². The van der Waals surface area contributed by atoms with Crippen molar-refractivity contribution < 1.29 is 0 Å². The lowest BCUT2D eigenvalue weighted by molar-refractivity contribution is 0.482. The highest BCUT2D eigenvalue weighted by atomic mass is 14.8. The van der Waals surface area contributed by atoms with Crippen LogP contribution < -0.4 is 5.73 Å². The van der Waals surface area contributed by atoms with Crippen LogP contribution in [0.1, 0.15) is 17.5 Å². The minimum atomic E-state index is 0.294. The summed E-state index contributed by atoms with van der Waals surface area (Å²) in [4.78, 5) is 0. The molecule has 18 heavy (non-hydrogen) atoms. The number of hydrogen-bond donors (Lipinski definition) is 1.